The highest BCUT2D eigenvalue weighted by Crippen LogP contribution is 2.47. The van der Waals surface area contributed by atoms with Gasteiger partial charge in [-0.1, -0.05) is 53.5 Å². The van der Waals surface area contributed by atoms with Gasteiger partial charge in [-0.3, -0.25) is 18.8 Å². The molecule has 2 amide bonds. The number of hydrogen-bond acceptors (Lipinski definition) is 9. The summed E-state index contributed by atoms with van der Waals surface area (Å²) < 4.78 is 8.24. The first-order valence-electron chi connectivity index (χ1n) is 16.7. The van der Waals surface area contributed by atoms with Crippen molar-refractivity contribution in [1.29, 1.82) is 0 Å². The molecule has 262 valence electrons. The Morgan fingerprint density at radius 3 is 2.53 bits per heavy atom. The van der Waals surface area contributed by atoms with Crippen molar-refractivity contribution in [2.75, 3.05) is 32.1 Å². The number of carbonyl (C=O) groups excluding carboxylic acids is 1. The zero-order valence-corrected chi connectivity index (χ0v) is 29.7. The molecule has 2 saturated heterocycles. The van der Waals surface area contributed by atoms with Crippen molar-refractivity contribution in [3.8, 4) is 28.3 Å². The predicted octanol–water partition coefficient (Wildman–Crippen LogP) is 4.95. The van der Waals surface area contributed by atoms with Gasteiger partial charge < -0.3 is 20.7 Å². The van der Waals surface area contributed by atoms with Crippen molar-refractivity contribution in [2.24, 2.45) is 14.1 Å². The Kier molecular flexibility index (Phi) is 8.23. The number of fused-ring (bicyclic) bond motifs is 2. The average molecular weight is 729 g/mol. The lowest BCUT2D eigenvalue weighted by atomic mass is 9.93. The number of urea groups is 1. The smallest absolute Gasteiger partial charge is 0.332 e. The number of aryl methyl sites for hydroxylation is 2. The summed E-state index contributed by atoms with van der Waals surface area (Å²) in [6, 6.07) is 13.4. The fourth-order valence-corrected chi connectivity index (χ4v) is 8.47. The van der Waals surface area contributed by atoms with Crippen molar-refractivity contribution in [3.05, 3.63) is 90.8 Å². The molecular formula is C36H35Cl2N9O4. The van der Waals surface area contributed by atoms with Gasteiger partial charge in [-0.2, -0.15) is 0 Å². The van der Waals surface area contributed by atoms with E-state index in [0.717, 1.165) is 54.5 Å². The highest BCUT2D eigenvalue weighted by atomic mass is 35.5. The summed E-state index contributed by atoms with van der Waals surface area (Å²) in [6.45, 7) is 2.37. The van der Waals surface area contributed by atoms with Crippen LogP contribution in [-0.2, 0) is 20.5 Å². The summed E-state index contributed by atoms with van der Waals surface area (Å²) in [7, 11) is 4.60. The molecule has 2 unspecified atom stereocenters. The van der Waals surface area contributed by atoms with E-state index in [1.807, 2.05) is 30.3 Å². The van der Waals surface area contributed by atoms with E-state index in [2.05, 4.69) is 36.9 Å². The van der Waals surface area contributed by atoms with Gasteiger partial charge in [-0.25, -0.2) is 24.5 Å². The zero-order valence-electron chi connectivity index (χ0n) is 28.2. The van der Waals surface area contributed by atoms with Gasteiger partial charge in [0.25, 0.3) is 5.56 Å². The SMILES string of the molecule is COc1nc(-c2cccc(-c3cccc(Nc4ncnc5c4c(=O)n(C)c(=O)n5C)c3Cl)c2Cl)cc2c1C(N1CCC3(CCNC(=O)N3)C1)CC2. The van der Waals surface area contributed by atoms with E-state index in [1.165, 1.54) is 23.5 Å². The molecule has 2 aliphatic heterocycles. The quantitative estimate of drug-likeness (QED) is 0.221. The number of ether oxygens (including phenoxy) is 1. The molecule has 2 fully saturated rings. The summed E-state index contributed by atoms with van der Waals surface area (Å²) in [5.41, 5.74) is 4.52. The van der Waals surface area contributed by atoms with Crippen LogP contribution >= 0.6 is 23.2 Å². The number of rotatable bonds is 6. The number of hydrogen-bond donors (Lipinski definition) is 3. The van der Waals surface area contributed by atoms with Crippen LogP contribution in [-0.4, -0.2) is 67.3 Å². The van der Waals surface area contributed by atoms with Crippen LogP contribution in [0.15, 0.2) is 58.4 Å². The minimum absolute atomic E-state index is 0.0946. The van der Waals surface area contributed by atoms with Crippen LogP contribution in [0, 0.1) is 0 Å². The molecule has 3 N–H and O–H groups in total. The molecule has 2 atom stereocenters. The number of carbonyl (C=O) groups is 1. The van der Waals surface area contributed by atoms with Gasteiger partial charge >= 0.3 is 11.7 Å². The lowest BCUT2D eigenvalue weighted by molar-refractivity contribution is 0.187. The first-order valence-corrected chi connectivity index (χ1v) is 17.5. The van der Waals surface area contributed by atoms with E-state index in [0.29, 0.717) is 45.0 Å². The third-order valence-electron chi connectivity index (χ3n) is 10.5. The predicted molar refractivity (Wildman–Crippen MR) is 196 cm³/mol. The van der Waals surface area contributed by atoms with Gasteiger partial charge in [0.1, 0.15) is 17.5 Å². The molecule has 3 aliphatic rings. The number of pyridine rings is 1. The van der Waals surface area contributed by atoms with Crippen LogP contribution in [0.2, 0.25) is 10.0 Å². The Morgan fingerprint density at radius 2 is 1.75 bits per heavy atom. The van der Waals surface area contributed by atoms with Crippen LogP contribution in [0.4, 0.5) is 16.3 Å². The monoisotopic (exact) mass is 727 g/mol. The standard InChI is InChI=1S/C36H35Cl2N9O4/c1-45-31-27(33(48)46(2)35(45)50)30(40-18-41-31)42-23-9-5-7-21(29(23)38)20-6-4-8-22(28(20)37)24-16-19-10-11-25(26(19)32(43-24)51-3)47-15-13-36(17-47)12-14-39-34(49)44-36/h4-9,16,18,25H,10-15,17H2,1-3H3,(H2,39,44,49)(H,40,41,42). The lowest BCUT2D eigenvalue weighted by Crippen LogP contribution is -2.59. The molecule has 5 heterocycles. The molecule has 0 saturated carbocycles. The summed E-state index contributed by atoms with van der Waals surface area (Å²) in [4.78, 5) is 53.7. The van der Waals surface area contributed by atoms with Crippen molar-refractivity contribution < 1.29 is 9.53 Å². The maximum absolute atomic E-state index is 13.1. The van der Waals surface area contributed by atoms with E-state index >= 15 is 0 Å². The van der Waals surface area contributed by atoms with Gasteiger partial charge in [0.15, 0.2) is 5.65 Å². The number of aromatic nitrogens is 5. The highest BCUT2D eigenvalue weighted by Gasteiger charge is 2.45. The van der Waals surface area contributed by atoms with E-state index in [1.54, 1.807) is 20.2 Å². The molecule has 1 spiro atoms. The minimum atomic E-state index is -0.526. The first-order chi connectivity index (χ1) is 24.6. The molecule has 2 aromatic carbocycles. The fourth-order valence-electron chi connectivity index (χ4n) is 7.87. The number of nitrogens with zero attached hydrogens (tertiary/aromatic N) is 6. The second-order valence-corrected chi connectivity index (χ2v) is 14.1. The third kappa shape index (κ3) is 5.51. The fraction of sp³-hybridized carbons (Fsp3) is 0.333. The molecule has 8 rings (SSSR count). The first kappa shape index (κ1) is 33.2. The van der Waals surface area contributed by atoms with E-state index in [9.17, 15) is 14.4 Å². The van der Waals surface area contributed by atoms with Crippen LogP contribution in [0.5, 0.6) is 5.88 Å². The maximum atomic E-state index is 13.1. The van der Waals surface area contributed by atoms with Crippen molar-refractivity contribution in [1.82, 2.24) is 39.6 Å². The molecule has 5 aromatic rings. The molecule has 51 heavy (non-hydrogen) atoms. The van der Waals surface area contributed by atoms with E-state index in [4.69, 9.17) is 32.9 Å². The Hall–Kier alpha value is -4.98. The van der Waals surface area contributed by atoms with E-state index in [-0.39, 0.29) is 34.5 Å². The number of methoxy groups -OCH3 is 1. The number of anilines is 2. The number of halogens is 2. The van der Waals surface area contributed by atoms with E-state index < -0.39 is 11.2 Å². The number of benzene rings is 2. The van der Waals surface area contributed by atoms with Crippen LogP contribution in [0.3, 0.4) is 0 Å². The number of nitrogens with one attached hydrogen (secondary N) is 3. The van der Waals surface area contributed by atoms with Gasteiger partial charge in [0.2, 0.25) is 5.88 Å². The summed E-state index contributed by atoms with van der Waals surface area (Å²) in [5.74, 6) is 0.791. The average Bonchev–Trinajstić information content (AvgIpc) is 3.74. The normalized spacial score (nSPS) is 20.0. The van der Waals surface area contributed by atoms with Crippen molar-refractivity contribution >= 4 is 51.8 Å². The zero-order chi connectivity index (χ0) is 35.6. The number of amides is 2. The van der Waals surface area contributed by atoms with Crippen LogP contribution in [0.1, 0.15) is 36.4 Å². The Bertz CT molecular complexity index is 2380. The van der Waals surface area contributed by atoms with Gasteiger partial charge in [-0.05, 0) is 43.4 Å². The third-order valence-corrected chi connectivity index (χ3v) is 11.3. The molecule has 13 nitrogen and oxygen atoms in total. The molecular weight excluding hydrogens is 693 g/mol. The van der Waals surface area contributed by atoms with Gasteiger partial charge in [0.05, 0.1) is 34.1 Å². The molecule has 0 radical (unpaired) electrons. The largest absolute Gasteiger partial charge is 0.481 e. The number of likely N-dealkylation sites (tertiary alicyclic amines) is 1. The Balaban J connectivity index is 1.12. The summed E-state index contributed by atoms with van der Waals surface area (Å²) in [5, 5.41) is 10.2. The minimum Gasteiger partial charge on any atom is -0.481 e. The molecule has 1 aliphatic carbocycles. The molecule has 3 aromatic heterocycles. The second kappa shape index (κ2) is 12.7. The maximum Gasteiger partial charge on any atom is 0.332 e. The van der Waals surface area contributed by atoms with Crippen molar-refractivity contribution in [3.63, 3.8) is 0 Å². The Labute approximate surface area is 302 Å². The van der Waals surface area contributed by atoms with Gasteiger partial charge in [-0.15, -0.1) is 0 Å². The second-order valence-electron chi connectivity index (χ2n) is 13.4. The molecule has 0 bridgehead atoms. The highest BCUT2D eigenvalue weighted by molar-refractivity contribution is 6.39. The molecule has 15 heteroatoms. The van der Waals surface area contributed by atoms with Crippen LogP contribution < -0.4 is 31.9 Å². The topological polar surface area (TPSA) is 148 Å². The van der Waals surface area contributed by atoms with Gasteiger partial charge in [0, 0.05) is 62.0 Å². The summed E-state index contributed by atoms with van der Waals surface area (Å²) in [6.07, 6.45) is 4.91. The van der Waals surface area contributed by atoms with Crippen LogP contribution in [0.25, 0.3) is 33.4 Å². The lowest BCUT2D eigenvalue weighted by Gasteiger charge is -2.36. The van der Waals surface area contributed by atoms with Crippen molar-refractivity contribution in [2.45, 2.75) is 37.3 Å². The summed E-state index contributed by atoms with van der Waals surface area (Å²) >= 11 is 14.2. The Morgan fingerprint density at radius 1 is 0.980 bits per heavy atom.